The smallest absolute Gasteiger partial charge is 0.0546 e. The predicted molar refractivity (Wildman–Crippen MR) is 209 cm³/mol. The molecule has 9 aromatic carbocycles. The first-order valence-electron chi connectivity index (χ1n) is 16.4. The maximum Gasteiger partial charge on any atom is 0.0546 e. The van der Waals surface area contributed by atoms with Gasteiger partial charge in [-0.3, -0.25) is 0 Å². The van der Waals surface area contributed by atoms with Gasteiger partial charge in [-0.15, -0.1) is 11.3 Å². The third-order valence-electron chi connectivity index (χ3n) is 9.82. The maximum absolute atomic E-state index is 2.44. The second-order valence-electron chi connectivity index (χ2n) is 12.5. The second-order valence-corrected chi connectivity index (χ2v) is 13.6. The van der Waals surface area contributed by atoms with Crippen LogP contribution in [0.5, 0.6) is 0 Å². The number of rotatable bonds is 4. The minimum atomic E-state index is 1.13. The Morgan fingerprint density at radius 1 is 0.354 bits per heavy atom. The Labute approximate surface area is 282 Å². The van der Waals surface area contributed by atoms with Crippen LogP contribution in [0.15, 0.2) is 176 Å². The summed E-state index contributed by atoms with van der Waals surface area (Å²) in [5, 5.41) is 12.7. The molecule has 0 spiro atoms. The molecule has 224 valence electrons. The van der Waals surface area contributed by atoms with Gasteiger partial charge in [-0.25, -0.2) is 0 Å². The second kappa shape index (κ2) is 10.8. The highest BCUT2D eigenvalue weighted by Crippen LogP contribution is 2.45. The van der Waals surface area contributed by atoms with E-state index in [1.54, 1.807) is 0 Å². The third kappa shape index (κ3) is 4.24. The average Bonchev–Trinajstić information content (AvgIpc) is 3.54. The quantitative estimate of drug-likeness (QED) is 0.176. The molecule has 0 saturated carbocycles. The van der Waals surface area contributed by atoms with E-state index in [0.29, 0.717) is 0 Å². The van der Waals surface area contributed by atoms with E-state index in [4.69, 9.17) is 0 Å². The summed E-state index contributed by atoms with van der Waals surface area (Å²) < 4.78 is 2.67. The first-order chi connectivity index (χ1) is 23.8. The summed E-state index contributed by atoms with van der Waals surface area (Å²) in [6, 6.07) is 64.6. The molecule has 0 bridgehead atoms. The summed E-state index contributed by atoms with van der Waals surface area (Å²) in [5.74, 6) is 0. The molecule has 10 aromatic rings. The molecule has 48 heavy (non-hydrogen) atoms. The van der Waals surface area contributed by atoms with Crippen molar-refractivity contribution in [3.05, 3.63) is 176 Å². The number of fused-ring (bicyclic) bond motifs is 9. The van der Waals surface area contributed by atoms with Crippen LogP contribution in [0.2, 0.25) is 0 Å². The van der Waals surface area contributed by atoms with Gasteiger partial charge in [-0.1, -0.05) is 140 Å². The zero-order chi connectivity index (χ0) is 31.6. The number of hydrogen-bond donors (Lipinski definition) is 0. The van der Waals surface area contributed by atoms with Gasteiger partial charge < -0.3 is 4.90 Å². The van der Waals surface area contributed by atoms with Gasteiger partial charge in [-0.05, 0) is 85.2 Å². The number of anilines is 3. The van der Waals surface area contributed by atoms with Gasteiger partial charge in [0.2, 0.25) is 0 Å². The van der Waals surface area contributed by atoms with Gasteiger partial charge >= 0.3 is 0 Å². The van der Waals surface area contributed by atoms with Crippen LogP contribution in [-0.2, 0) is 0 Å². The SMILES string of the molecule is c1ccc2c(c1)ccc1ccc(N(c3ccc(-c4cccc5c4sc4ccccc45)cc3)c3cc4ccccc4c4ccccc34)cc12. The molecule has 0 fully saturated rings. The van der Waals surface area contributed by atoms with Crippen LogP contribution in [0, 0.1) is 0 Å². The fraction of sp³-hybridized carbons (Fsp3) is 0. The highest BCUT2D eigenvalue weighted by molar-refractivity contribution is 7.26. The Hall–Kier alpha value is -5.96. The van der Waals surface area contributed by atoms with Crippen molar-refractivity contribution < 1.29 is 0 Å². The first-order valence-corrected chi connectivity index (χ1v) is 17.2. The molecule has 1 aromatic heterocycles. The standard InChI is InChI=1S/C46H29NS/c1-3-12-36-30(10-1)20-21-32-24-27-35(29-43(32)36)47(44-28-33-11-2-4-13-37(33)39-14-5-6-15-40(39)44)34-25-22-31(23-26-34)38-17-9-18-42-41-16-7-8-19-45(41)48-46(38)42/h1-29H. The van der Waals surface area contributed by atoms with E-state index in [9.17, 15) is 0 Å². The van der Waals surface area contributed by atoms with Gasteiger partial charge in [0.1, 0.15) is 0 Å². The lowest BCUT2D eigenvalue weighted by atomic mass is 9.97. The molecule has 0 aliphatic carbocycles. The fourth-order valence-electron chi connectivity index (χ4n) is 7.54. The molecule has 0 atom stereocenters. The van der Waals surface area contributed by atoms with Gasteiger partial charge in [0.25, 0.3) is 0 Å². The zero-order valence-corrected chi connectivity index (χ0v) is 26.9. The third-order valence-corrected chi connectivity index (χ3v) is 11.0. The molecule has 0 unspecified atom stereocenters. The van der Waals surface area contributed by atoms with Crippen LogP contribution in [-0.4, -0.2) is 0 Å². The van der Waals surface area contributed by atoms with Crippen molar-refractivity contribution in [1.29, 1.82) is 0 Å². The van der Waals surface area contributed by atoms with Gasteiger partial charge in [0, 0.05) is 36.9 Å². The van der Waals surface area contributed by atoms with Crippen LogP contribution in [0.25, 0.3) is 74.4 Å². The number of hydrogen-bond acceptors (Lipinski definition) is 2. The molecule has 10 rings (SSSR count). The summed E-state index contributed by atoms with van der Waals surface area (Å²) in [4.78, 5) is 2.44. The van der Waals surface area contributed by atoms with E-state index in [0.717, 1.165) is 11.4 Å². The Kier molecular flexibility index (Phi) is 6.12. The van der Waals surface area contributed by atoms with Crippen molar-refractivity contribution in [2.45, 2.75) is 0 Å². The van der Waals surface area contributed by atoms with E-state index in [2.05, 4.69) is 181 Å². The normalized spacial score (nSPS) is 11.8. The van der Waals surface area contributed by atoms with Crippen molar-refractivity contribution in [2.24, 2.45) is 0 Å². The first kappa shape index (κ1) is 27.2. The topological polar surface area (TPSA) is 3.24 Å². The molecule has 1 nitrogen and oxygen atoms in total. The Morgan fingerprint density at radius 2 is 0.938 bits per heavy atom. The molecule has 0 N–H and O–H groups in total. The molecular formula is C46H29NS. The summed E-state index contributed by atoms with van der Waals surface area (Å²) in [5.41, 5.74) is 5.94. The highest BCUT2D eigenvalue weighted by atomic mass is 32.1. The lowest BCUT2D eigenvalue weighted by Gasteiger charge is -2.28. The Balaban J connectivity index is 1.21. The fourth-order valence-corrected chi connectivity index (χ4v) is 8.78. The highest BCUT2D eigenvalue weighted by Gasteiger charge is 2.19. The lowest BCUT2D eigenvalue weighted by molar-refractivity contribution is 1.31. The largest absolute Gasteiger partial charge is 0.310 e. The van der Waals surface area contributed by atoms with E-state index in [-0.39, 0.29) is 0 Å². The van der Waals surface area contributed by atoms with E-state index >= 15 is 0 Å². The van der Waals surface area contributed by atoms with E-state index in [1.165, 1.54) is 80.1 Å². The van der Waals surface area contributed by atoms with Crippen molar-refractivity contribution in [3.63, 3.8) is 0 Å². The van der Waals surface area contributed by atoms with Crippen LogP contribution in [0.1, 0.15) is 0 Å². The number of benzene rings is 9. The summed E-state index contributed by atoms with van der Waals surface area (Å²) in [7, 11) is 0. The monoisotopic (exact) mass is 627 g/mol. The Morgan fingerprint density at radius 3 is 1.75 bits per heavy atom. The van der Waals surface area contributed by atoms with Crippen molar-refractivity contribution >= 4 is 91.7 Å². The maximum atomic E-state index is 2.44. The summed E-state index contributed by atoms with van der Waals surface area (Å²) in [6.07, 6.45) is 0. The van der Waals surface area contributed by atoms with Crippen molar-refractivity contribution in [3.8, 4) is 11.1 Å². The molecule has 0 aliphatic heterocycles. The predicted octanol–water partition coefficient (Wildman–Crippen LogP) is 13.8. The minimum Gasteiger partial charge on any atom is -0.310 e. The average molecular weight is 628 g/mol. The molecule has 0 aliphatic rings. The number of thiophene rings is 1. The van der Waals surface area contributed by atoms with Crippen LogP contribution in [0.3, 0.4) is 0 Å². The zero-order valence-electron chi connectivity index (χ0n) is 26.1. The van der Waals surface area contributed by atoms with E-state index in [1.807, 2.05) is 11.3 Å². The molecule has 2 heteroatoms. The molecule has 1 heterocycles. The van der Waals surface area contributed by atoms with Crippen molar-refractivity contribution in [2.75, 3.05) is 4.90 Å². The summed E-state index contributed by atoms with van der Waals surface area (Å²) in [6.45, 7) is 0. The minimum absolute atomic E-state index is 1.13. The summed E-state index contributed by atoms with van der Waals surface area (Å²) >= 11 is 1.88. The molecular weight excluding hydrogens is 599 g/mol. The van der Waals surface area contributed by atoms with Crippen LogP contribution in [0.4, 0.5) is 17.1 Å². The Bertz CT molecular complexity index is 2840. The van der Waals surface area contributed by atoms with Gasteiger partial charge in [0.05, 0.1) is 5.69 Å². The van der Waals surface area contributed by atoms with Gasteiger partial charge in [-0.2, -0.15) is 0 Å². The van der Waals surface area contributed by atoms with Gasteiger partial charge in [0.15, 0.2) is 0 Å². The molecule has 0 amide bonds. The number of nitrogens with zero attached hydrogens (tertiary/aromatic N) is 1. The van der Waals surface area contributed by atoms with Crippen LogP contribution >= 0.6 is 11.3 Å². The lowest BCUT2D eigenvalue weighted by Crippen LogP contribution is -2.10. The van der Waals surface area contributed by atoms with E-state index < -0.39 is 0 Å². The molecule has 0 saturated heterocycles. The van der Waals surface area contributed by atoms with Crippen LogP contribution < -0.4 is 4.90 Å². The molecule has 0 radical (unpaired) electrons. The van der Waals surface area contributed by atoms with Crippen molar-refractivity contribution in [1.82, 2.24) is 0 Å².